The van der Waals surface area contributed by atoms with Gasteiger partial charge in [-0.1, -0.05) is 12.1 Å². The average molecular weight is 232 g/mol. The molecule has 0 atom stereocenters. The molecule has 0 saturated carbocycles. The molecule has 0 fully saturated rings. The highest BCUT2D eigenvalue weighted by molar-refractivity contribution is 5.31. The van der Waals surface area contributed by atoms with Crippen LogP contribution in [0.5, 0.6) is 11.6 Å². The smallest absolute Gasteiger partial charge is 0.254 e. The van der Waals surface area contributed by atoms with Gasteiger partial charge < -0.3 is 14.8 Å². The fourth-order valence-corrected chi connectivity index (χ4v) is 1.43. The minimum Gasteiger partial charge on any atom is -0.439 e. The molecule has 0 saturated heterocycles. The highest BCUT2D eigenvalue weighted by Crippen LogP contribution is 2.19. The van der Waals surface area contributed by atoms with Crippen molar-refractivity contribution in [2.45, 2.75) is 13.5 Å². The number of ether oxygens (including phenoxy) is 1. The van der Waals surface area contributed by atoms with Crippen molar-refractivity contribution in [3.63, 3.8) is 0 Å². The van der Waals surface area contributed by atoms with Crippen LogP contribution in [0.3, 0.4) is 0 Å². The second-order valence-corrected chi connectivity index (χ2v) is 3.58. The third kappa shape index (κ3) is 2.92. The molecule has 1 aromatic heterocycles. The van der Waals surface area contributed by atoms with E-state index in [-0.39, 0.29) is 18.0 Å². The largest absolute Gasteiger partial charge is 0.439 e. The van der Waals surface area contributed by atoms with Crippen LogP contribution in [0.2, 0.25) is 0 Å². The molecule has 0 aliphatic carbocycles. The highest BCUT2D eigenvalue weighted by atomic mass is 16.5. The maximum absolute atomic E-state index is 11.2. The van der Waals surface area contributed by atoms with E-state index in [1.807, 2.05) is 0 Å². The van der Waals surface area contributed by atoms with E-state index in [9.17, 15) is 4.79 Å². The van der Waals surface area contributed by atoms with Gasteiger partial charge in [0, 0.05) is 0 Å². The van der Waals surface area contributed by atoms with Crippen molar-refractivity contribution in [2.24, 2.45) is 0 Å². The number of rotatable bonds is 3. The molecule has 2 N–H and O–H groups in total. The number of nitrogens with one attached hydrogen (secondary N) is 1. The van der Waals surface area contributed by atoms with Crippen LogP contribution in [0.1, 0.15) is 11.4 Å². The molecule has 0 spiro atoms. The lowest BCUT2D eigenvalue weighted by Gasteiger charge is -2.05. The molecule has 1 heterocycles. The first kappa shape index (κ1) is 11.3. The highest BCUT2D eigenvalue weighted by Gasteiger charge is 2.02. The van der Waals surface area contributed by atoms with Gasteiger partial charge in [0.25, 0.3) is 5.56 Å². The standard InChI is InChI=1S/C12H12N2O3/c1-8-13-11(16)6-12(14-8)17-10-4-2-3-9(5-10)7-15/h2-6,15H,7H2,1H3,(H,13,14,16). The van der Waals surface area contributed by atoms with Crippen molar-refractivity contribution < 1.29 is 9.84 Å². The van der Waals surface area contributed by atoms with Gasteiger partial charge in [-0.05, 0) is 24.6 Å². The molecule has 2 aromatic rings. The fraction of sp³-hybridized carbons (Fsp3) is 0.167. The van der Waals surface area contributed by atoms with Crippen LogP contribution in [0, 0.1) is 6.92 Å². The molecular formula is C12H12N2O3. The first-order valence-electron chi connectivity index (χ1n) is 5.13. The van der Waals surface area contributed by atoms with Gasteiger partial charge in [-0.2, -0.15) is 0 Å². The molecule has 17 heavy (non-hydrogen) atoms. The number of aryl methyl sites for hydroxylation is 1. The lowest BCUT2D eigenvalue weighted by Crippen LogP contribution is -2.08. The maximum atomic E-state index is 11.2. The second-order valence-electron chi connectivity index (χ2n) is 3.58. The Hall–Kier alpha value is -2.14. The van der Waals surface area contributed by atoms with E-state index in [1.165, 1.54) is 6.07 Å². The van der Waals surface area contributed by atoms with Crippen LogP contribution < -0.4 is 10.3 Å². The molecular weight excluding hydrogens is 220 g/mol. The summed E-state index contributed by atoms with van der Waals surface area (Å²) in [7, 11) is 0. The Morgan fingerprint density at radius 3 is 2.94 bits per heavy atom. The van der Waals surface area contributed by atoms with Gasteiger partial charge in [0.05, 0.1) is 12.7 Å². The third-order valence-corrected chi connectivity index (χ3v) is 2.14. The number of hydrogen-bond donors (Lipinski definition) is 2. The first-order valence-corrected chi connectivity index (χ1v) is 5.13. The summed E-state index contributed by atoms with van der Waals surface area (Å²) in [5.41, 5.74) is 0.481. The van der Waals surface area contributed by atoms with Crippen molar-refractivity contribution in [3.05, 3.63) is 52.1 Å². The number of aromatic amines is 1. The SMILES string of the molecule is Cc1nc(Oc2cccc(CO)c2)cc(=O)[nH]1. The molecule has 0 aliphatic heterocycles. The van der Waals surface area contributed by atoms with Crippen molar-refractivity contribution in [1.29, 1.82) is 0 Å². The maximum Gasteiger partial charge on any atom is 0.254 e. The van der Waals surface area contributed by atoms with Crippen LogP contribution in [-0.2, 0) is 6.61 Å². The molecule has 1 aromatic carbocycles. The van der Waals surface area contributed by atoms with E-state index in [2.05, 4.69) is 9.97 Å². The summed E-state index contributed by atoms with van der Waals surface area (Å²) < 4.78 is 5.44. The van der Waals surface area contributed by atoms with E-state index < -0.39 is 0 Å². The Labute approximate surface area is 97.7 Å². The number of aromatic nitrogens is 2. The summed E-state index contributed by atoms with van der Waals surface area (Å²) in [5.74, 6) is 1.27. The van der Waals surface area contributed by atoms with E-state index in [0.717, 1.165) is 5.56 Å². The van der Waals surface area contributed by atoms with Crippen LogP contribution in [-0.4, -0.2) is 15.1 Å². The number of nitrogens with zero attached hydrogens (tertiary/aromatic N) is 1. The normalized spacial score (nSPS) is 10.2. The molecule has 5 heteroatoms. The van der Waals surface area contributed by atoms with Gasteiger partial charge in [0.15, 0.2) is 0 Å². The summed E-state index contributed by atoms with van der Waals surface area (Å²) in [4.78, 5) is 17.8. The number of aliphatic hydroxyl groups is 1. The minimum atomic E-state index is -0.259. The van der Waals surface area contributed by atoms with E-state index in [4.69, 9.17) is 9.84 Å². The molecule has 88 valence electrons. The summed E-state index contributed by atoms with van der Waals surface area (Å²) >= 11 is 0. The van der Waals surface area contributed by atoms with Crippen LogP contribution in [0.15, 0.2) is 35.1 Å². The Balaban J connectivity index is 2.27. The van der Waals surface area contributed by atoms with E-state index >= 15 is 0 Å². The van der Waals surface area contributed by atoms with Gasteiger partial charge in [-0.25, -0.2) is 4.98 Å². The lowest BCUT2D eigenvalue weighted by atomic mass is 10.2. The van der Waals surface area contributed by atoms with Crippen molar-refractivity contribution in [1.82, 2.24) is 9.97 Å². The van der Waals surface area contributed by atoms with Crippen molar-refractivity contribution in [2.75, 3.05) is 0 Å². The zero-order chi connectivity index (χ0) is 12.3. The molecule has 0 unspecified atom stereocenters. The topological polar surface area (TPSA) is 75.2 Å². The van der Waals surface area contributed by atoms with Crippen LogP contribution in [0.25, 0.3) is 0 Å². The third-order valence-electron chi connectivity index (χ3n) is 2.14. The molecule has 0 aliphatic rings. The van der Waals surface area contributed by atoms with E-state index in [1.54, 1.807) is 31.2 Å². The summed E-state index contributed by atoms with van der Waals surface area (Å²) in [6.45, 7) is 1.62. The summed E-state index contributed by atoms with van der Waals surface area (Å²) in [6, 6.07) is 8.25. The Bertz CT molecular complexity index is 578. The van der Waals surface area contributed by atoms with Gasteiger partial charge in [0.1, 0.15) is 11.6 Å². The first-order chi connectivity index (χ1) is 8.17. The van der Waals surface area contributed by atoms with Crippen LogP contribution in [0.4, 0.5) is 0 Å². The number of H-pyrrole nitrogens is 1. The monoisotopic (exact) mass is 232 g/mol. The molecule has 5 nitrogen and oxygen atoms in total. The zero-order valence-corrected chi connectivity index (χ0v) is 9.30. The predicted molar refractivity (Wildman–Crippen MR) is 62.0 cm³/mol. The average Bonchev–Trinajstić information content (AvgIpc) is 2.28. The summed E-state index contributed by atoms with van der Waals surface area (Å²) in [5, 5.41) is 8.99. The van der Waals surface area contributed by atoms with Gasteiger partial charge in [-0.3, -0.25) is 4.79 Å². The van der Waals surface area contributed by atoms with Crippen molar-refractivity contribution >= 4 is 0 Å². The molecule has 0 radical (unpaired) electrons. The number of hydrogen-bond acceptors (Lipinski definition) is 4. The van der Waals surface area contributed by atoms with E-state index in [0.29, 0.717) is 11.6 Å². The lowest BCUT2D eigenvalue weighted by molar-refractivity contribution is 0.281. The van der Waals surface area contributed by atoms with Crippen molar-refractivity contribution in [3.8, 4) is 11.6 Å². The molecule has 2 rings (SSSR count). The number of aliphatic hydroxyl groups excluding tert-OH is 1. The Morgan fingerprint density at radius 2 is 2.24 bits per heavy atom. The fourth-order valence-electron chi connectivity index (χ4n) is 1.43. The van der Waals surface area contributed by atoms with Crippen LogP contribution >= 0.6 is 0 Å². The Morgan fingerprint density at radius 1 is 1.41 bits per heavy atom. The van der Waals surface area contributed by atoms with Gasteiger partial charge in [0.2, 0.25) is 5.88 Å². The Kier molecular flexibility index (Phi) is 3.20. The summed E-state index contributed by atoms with van der Waals surface area (Å²) in [6.07, 6.45) is 0. The van der Waals surface area contributed by atoms with Gasteiger partial charge >= 0.3 is 0 Å². The number of benzene rings is 1. The second kappa shape index (κ2) is 4.80. The molecule has 0 bridgehead atoms. The predicted octanol–water partition coefficient (Wildman–Crippen LogP) is 1.36. The minimum absolute atomic E-state index is 0.0565. The quantitative estimate of drug-likeness (QED) is 0.837. The zero-order valence-electron chi connectivity index (χ0n) is 9.30. The molecule has 0 amide bonds. The van der Waals surface area contributed by atoms with Gasteiger partial charge in [-0.15, -0.1) is 0 Å².